The third-order valence-corrected chi connectivity index (χ3v) is 5.15. The minimum atomic E-state index is 0.00135. The summed E-state index contributed by atoms with van der Waals surface area (Å²) in [6, 6.07) is 16.2. The minimum absolute atomic E-state index is 0.00135. The molecule has 1 aliphatic rings. The molecule has 1 atom stereocenters. The number of rotatable bonds is 4. The Morgan fingerprint density at radius 1 is 1.19 bits per heavy atom. The van der Waals surface area contributed by atoms with Crippen LogP contribution in [0.1, 0.15) is 34.8 Å². The fraction of sp³-hybridized carbons (Fsp3) is 0.235. The van der Waals surface area contributed by atoms with Gasteiger partial charge in [0, 0.05) is 8.04 Å². The molecule has 0 aromatic heterocycles. The minimum Gasteiger partial charge on any atom is -0.345 e. The molecule has 2 aromatic rings. The Morgan fingerprint density at radius 3 is 2.57 bits per heavy atom. The van der Waals surface area contributed by atoms with Crippen LogP contribution in [0.4, 0.5) is 0 Å². The van der Waals surface area contributed by atoms with Crippen molar-refractivity contribution in [1.29, 1.82) is 0 Å². The molecule has 0 aliphatic heterocycles. The highest BCUT2D eigenvalue weighted by Crippen LogP contribution is 2.41. The van der Waals surface area contributed by atoms with Crippen LogP contribution in [0.15, 0.2) is 53.0 Å². The predicted molar refractivity (Wildman–Crippen MR) is 96.2 cm³/mol. The van der Waals surface area contributed by atoms with Crippen molar-refractivity contribution >= 4 is 44.4 Å². The quantitative estimate of drug-likeness (QED) is 0.650. The molecule has 1 unspecified atom stereocenters. The van der Waals surface area contributed by atoms with Gasteiger partial charge in [-0.05, 0) is 65.1 Å². The van der Waals surface area contributed by atoms with Gasteiger partial charge in [0.1, 0.15) is 0 Å². The van der Waals surface area contributed by atoms with Crippen LogP contribution in [0.25, 0.3) is 0 Å². The summed E-state index contributed by atoms with van der Waals surface area (Å²) < 4.78 is 1.90. The Hall–Kier alpha value is -0.880. The van der Waals surface area contributed by atoms with E-state index in [4.69, 9.17) is 0 Å². The van der Waals surface area contributed by atoms with Crippen LogP contribution in [-0.2, 0) is 0 Å². The van der Waals surface area contributed by atoms with Crippen molar-refractivity contribution in [2.45, 2.75) is 18.9 Å². The second-order valence-electron chi connectivity index (χ2n) is 5.32. The van der Waals surface area contributed by atoms with Crippen LogP contribution in [0, 0.1) is 9.49 Å². The van der Waals surface area contributed by atoms with Crippen molar-refractivity contribution in [3.05, 3.63) is 67.7 Å². The molecule has 2 nitrogen and oxygen atoms in total. The van der Waals surface area contributed by atoms with Crippen LogP contribution < -0.4 is 5.32 Å². The zero-order chi connectivity index (χ0) is 14.8. The average Bonchev–Trinajstić information content (AvgIpc) is 3.32. The van der Waals surface area contributed by atoms with Crippen LogP contribution in [0.3, 0.4) is 0 Å². The van der Waals surface area contributed by atoms with Gasteiger partial charge in [-0.25, -0.2) is 0 Å². The molecule has 0 bridgehead atoms. The summed E-state index contributed by atoms with van der Waals surface area (Å²) in [5.41, 5.74) is 1.92. The van der Waals surface area contributed by atoms with Crippen molar-refractivity contribution in [3.8, 4) is 0 Å². The first-order chi connectivity index (χ1) is 10.1. The first-order valence-electron chi connectivity index (χ1n) is 6.96. The van der Waals surface area contributed by atoms with Crippen LogP contribution in [0.2, 0.25) is 0 Å². The topological polar surface area (TPSA) is 29.1 Å². The number of hydrogen-bond acceptors (Lipinski definition) is 1. The van der Waals surface area contributed by atoms with Gasteiger partial charge in [-0.3, -0.25) is 4.79 Å². The summed E-state index contributed by atoms with van der Waals surface area (Å²) in [7, 11) is 0. The lowest BCUT2D eigenvalue weighted by atomic mass is 10.0. The van der Waals surface area contributed by atoms with Gasteiger partial charge in [0.15, 0.2) is 0 Å². The maximum absolute atomic E-state index is 12.6. The maximum Gasteiger partial charge on any atom is 0.252 e. The molecule has 0 saturated heterocycles. The molecular formula is C17H15BrINO. The standard InChI is InChI=1S/C17H15BrINO/c18-13-8-9-15(19)14(10-13)17(21)20-16(12-6-7-12)11-4-2-1-3-5-11/h1-5,8-10,12,16H,6-7H2,(H,20,21). The number of hydrogen-bond donors (Lipinski definition) is 1. The van der Waals surface area contributed by atoms with Gasteiger partial charge in [-0.1, -0.05) is 46.3 Å². The normalized spacial score (nSPS) is 15.5. The van der Waals surface area contributed by atoms with E-state index >= 15 is 0 Å². The second kappa shape index (κ2) is 6.48. The molecular weight excluding hydrogens is 441 g/mol. The van der Waals surface area contributed by atoms with E-state index in [0.29, 0.717) is 5.92 Å². The van der Waals surface area contributed by atoms with Gasteiger partial charge in [0.2, 0.25) is 0 Å². The van der Waals surface area contributed by atoms with Gasteiger partial charge >= 0.3 is 0 Å². The monoisotopic (exact) mass is 455 g/mol. The highest BCUT2D eigenvalue weighted by Gasteiger charge is 2.33. The van der Waals surface area contributed by atoms with Crippen LogP contribution >= 0.6 is 38.5 Å². The molecule has 0 heterocycles. The van der Waals surface area contributed by atoms with E-state index in [2.05, 4.69) is 56.0 Å². The lowest BCUT2D eigenvalue weighted by Crippen LogP contribution is -2.30. The number of carbonyl (C=O) groups is 1. The number of benzene rings is 2. The molecule has 3 rings (SSSR count). The third-order valence-electron chi connectivity index (χ3n) is 3.71. The zero-order valence-electron chi connectivity index (χ0n) is 11.4. The largest absolute Gasteiger partial charge is 0.345 e. The Balaban J connectivity index is 1.83. The Bertz CT molecular complexity index is 655. The van der Waals surface area contributed by atoms with Gasteiger partial charge in [0.25, 0.3) is 5.91 Å². The number of carbonyl (C=O) groups excluding carboxylic acids is 1. The summed E-state index contributed by atoms with van der Waals surface area (Å²) in [4.78, 5) is 12.6. The van der Waals surface area contributed by atoms with Gasteiger partial charge in [-0.15, -0.1) is 0 Å². The summed E-state index contributed by atoms with van der Waals surface area (Å²) in [6.45, 7) is 0. The first-order valence-corrected chi connectivity index (χ1v) is 8.83. The number of nitrogens with one attached hydrogen (secondary N) is 1. The smallest absolute Gasteiger partial charge is 0.252 e. The Morgan fingerprint density at radius 2 is 1.90 bits per heavy atom. The zero-order valence-corrected chi connectivity index (χ0v) is 15.1. The lowest BCUT2D eigenvalue weighted by Gasteiger charge is -2.19. The second-order valence-corrected chi connectivity index (χ2v) is 7.40. The van der Waals surface area contributed by atoms with Crippen molar-refractivity contribution < 1.29 is 4.79 Å². The molecule has 0 radical (unpaired) electrons. The van der Waals surface area contributed by atoms with E-state index < -0.39 is 0 Å². The fourth-order valence-electron chi connectivity index (χ4n) is 2.45. The highest BCUT2D eigenvalue weighted by molar-refractivity contribution is 14.1. The van der Waals surface area contributed by atoms with Crippen molar-refractivity contribution in [1.82, 2.24) is 5.32 Å². The van der Waals surface area contributed by atoms with E-state index in [1.165, 1.54) is 18.4 Å². The van der Waals surface area contributed by atoms with Gasteiger partial charge < -0.3 is 5.32 Å². The predicted octanol–water partition coefficient (Wildman–Crippen LogP) is 4.93. The van der Waals surface area contributed by atoms with Crippen LogP contribution in [0.5, 0.6) is 0 Å². The van der Waals surface area contributed by atoms with Crippen molar-refractivity contribution in [2.75, 3.05) is 0 Å². The Labute approximate surface area is 146 Å². The summed E-state index contributed by atoms with van der Waals surface area (Å²) in [6.07, 6.45) is 2.38. The molecule has 21 heavy (non-hydrogen) atoms. The van der Waals surface area contributed by atoms with E-state index in [-0.39, 0.29) is 11.9 Å². The maximum atomic E-state index is 12.6. The van der Waals surface area contributed by atoms with Gasteiger partial charge in [0.05, 0.1) is 11.6 Å². The lowest BCUT2D eigenvalue weighted by molar-refractivity contribution is 0.0930. The summed E-state index contributed by atoms with van der Waals surface area (Å²) >= 11 is 5.64. The van der Waals surface area contributed by atoms with E-state index in [9.17, 15) is 4.79 Å². The molecule has 1 aliphatic carbocycles. The summed E-state index contributed by atoms with van der Waals surface area (Å²) in [5, 5.41) is 3.22. The molecule has 1 saturated carbocycles. The van der Waals surface area contributed by atoms with Crippen molar-refractivity contribution in [2.24, 2.45) is 5.92 Å². The SMILES string of the molecule is O=C(NC(c1ccccc1)C1CC1)c1cc(Br)ccc1I. The highest BCUT2D eigenvalue weighted by atomic mass is 127. The fourth-order valence-corrected chi connectivity index (χ4v) is 3.40. The molecule has 1 fully saturated rings. The van der Waals surface area contributed by atoms with E-state index in [1.54, 1.807) is 0 Å². The molecule has 1 N–H and O–H groups in total. The number of amides is 1. The third kappa shape index (κ3) is 3.66. The van der Waals surface area contributed by atoms with E-state index in [1.807, 2.05) is 36.4 Å². The molecule has 108 valence electrons. The molecule has 2 aromatic carbocycles. The molecule has 1 amide bonds. The molecule has 4 heteroatoms. The number of halogens is 2. The summed E-state index contributed by atoms with van der Waals surface area (Å²) in [5.74, 6) is 0.572. The van der Waals surface area contributed by atoms with Crippen molar-refractivity contribution in [3.63, 3.8) is 0 Å². The average molecular weight is 456 g/mol. The van der Waals surface area contributed by atoms with Gasteiger partial charge in [-0.2, -0.15) is 0 Å². The van der Waals surface area contributed by atoms with E-state index in [0.717, 1.165) is 13.6 Å². The first kappa shape index (κ1) is 15.0. The Kier molecular flexibility index (Phi) is 4.64. The van der Waals surface area contributed by atoms with Crippen LogP contribution in [-0.4, -0.2) is 5.91 Å². The molecule has 0 spiro atoms.